The Morgan fingerprint density at radius 2 is 2.22 bits per heavy atom. The topological polar surface area (TPSA) is 133 Å². The molecule has 5 N–H and O–H groups in total. The Kier molecular flexibility index (Phi) is 7.31. The highest BCUT2D eigenvalue weighted by Gasteiger charge is 2.57. The number of dihydropyridines is 1. The first-order chi connectivity index (χ1) is 18.0. The van der Waals surface area contributed by atoms with E-state index in [1.54, 1.807) is 11.0 Å². The van der Waals surface area contributed by atoms with Crippen molar-refractivity contribution in [3.63, 3.8) is 0 Å². The molecule has 2 saturated heterocycles. The number of nitrogens with zero attached hydrogens (tertiary/aromatic N) is 2. The lowest BCUT2D eigenvalue weighted by Gasteiger charge is -2.25. The quantitative estimate of drug-likeness (QED) is 0.402. The first-order valence-corrected chi connectivity index (χ1v) is 13.0. The van der Waals surface area contributed by atoms with Gasteiger partial charge in [0.1, 0.15) is 11.2 Å². The minimum atomic E-state index is -0.884. The minimum Gasteiger partial charge on any atom is -0.385 e. The number of nitriles is 1. The van der Waals surface area contributed by atoms with Crippen molar-refractivity contribution in [1.29, 1.82) is 5.26 Å². The van der Waals surface area contributed by atoms with E-state index in [0.29, 0.717) is 44.5 Å². The van der Waals surface area contributed by atoms with Crippen molar-refractivity contribution in [1.82, 2.24) is 20.9 Å². The number of amides is 2. The van der Waals surface area contributed by atoms with E-state index >= 15 is 0 Å². The molecule has 37 heavy (non-hydrogen) atoms. The number of benzene rings is 1. The van der Waals surface area contributed by atoms with Crippen molar-refractivity contribution in [3.05, 3.63) is 65.3 Å². The lowest BCUT2D eigenvalue weighted by molar-refractivity contribution is -0.132. The van der Waals surface area contributed by atoms with Crippen molar-refractivity contribution in [2.24, 2.45) is 17.1 Å². The third-order valence-electron chi connectivity index (χ3n) is 7.62. The van der Waals surface area contributed by atoms with E-state index in [1.165, 1.54) is 0 Å². The Balaban J connectivity index is 1.21. The molecule has 0 spiro atoms. The van der Waals surface area contributed by atoms with Gasteiger partial charge < -0.3 is 31.3 Å². The molecular weight excluding hydrogens is 468 g/mol. The van der Waals surface area contributed by atoms with Crippen molar-refractivity contribution in [3.8, 4) is 6.07 Å². The van der Waals surface area contributed by atoms with E-state index in [4.69, 9.17) is 10.5 Å². The summed E-state index contributed by atoms with van der Waals surface area (Å²) in [5, 5.41) is 19.2. The maximum atomic E-state index is 13.1. The Bertz CT molecular complexity index is 1190. The van der Waals surface area contributed by atoms with Gasteiger partial charge in [0.2, 0.25) is 11.8 Å². The summed E-state index contributed by atoms with van der Waals surface area (Å²) in [7, 11) is 0. The normalized spacial score (nSPS) is 25.7. The fourth-order valence-corrected chi connectivity index (χ4v) is 5.33. The van der Waals surface area contributed by atoms with Gasteiger partial charge in [-0.3, -0.25) is 9.59 Å². The smallest absolute Gasteiger partial charge is 0.247 e. The van der Waals surface area contributed by atoms with Crippen molar-refractivity contribution >= 4 is 17.4 Å². The largest absolute Gasteiger partial charge is 0.385 e. The molecule has 3 heterocycles. The molecule has 2 amide bonds. The molecule has 1 aliphatic carbocycles. The van der Waals surface area contributed by atoms with Gasteiger partial charge in [-0.1, -0.05) is 24.3 Å². The fraction of sp³-hybridized carbons (Fsp3) is 0.464. The molecule has 0 bridgehead atoms. The van der Waals surface area contributed by atoms with Crippen molar-refractivity contribution in [2.75, 3.05) is 32.8 Å². The van der Waals surface area contributed by atoms with Crippen LogP contribution < -0.4 is 21.7 Å². The van der Waals surface area contributed by atoms with E-state index in [9.17, 15) is 14.9 Å². The van der Waals surface area contributed by atoms with Crippen molar-refractivity contribution < 1.29 is 14.3 Å². The third-order valence-corrected chi connectivity index (χ3v) is 7.62. The van der Waals surface area contributed by atoms with E-state index in [-0.39, 0.29) is 24.2 Å². The number of allylic oxidation sites excluding steroid dienone is 1. The molecule has 4 aliphatic rings. The highest BCUT2D eigenvalue weighted by molar-refractivity contribution is 5.90. The zero-order valence-corrected chi connectivity index (χ0v) is 21.0. The molecule has 1 aromatic carbocycles. The number of nitrogens with two attached hydrogens (primary N) is 1. The summed E-state index contributed by atoms with van der Waals surface area (Å²) in [6.45, 7) is 2.87. The maximum Gasteiger partial charge on any atom is 0.247 e. The van der Waals surface area contributed by atoms with E-state index in [1.807, 2.05) is 36.5 Å². The predicted octanol–water partition coefficient (Wildman–Crippen LogP) is 1.50. The zero-order chi connectivity index (χ0) is 25.8. The van der Waals surface area contributed by atoms with Crippen LogP contribution in [0.2, 0.25) is 0 Å². The van der Waals surface area contributed by atoms with Crippen LogP contribution in [0.25, 0.3) is 5.57 Å². The van der Waals surface area contributed by atoms with Gasteiger partial charge in [-0.05, 0) is 54.4 Å². The molecule has 194 valence electrons. The lowest BCUT2D eigenvalue weighted by Crippen LogP contribution is -2.38. The summed E-state index contributed by atoms with van der Waals surface area (Å²) in [5.41, 5.74) is 8.67. The van der Waals surface area contributed by atoms with Crippen LogP contribution in [0.1, 0.15) is 36.8 Å². The fourth-order valence-electron chi connectivity index (χ4n) is 5.33. The zero-order valence-electron chi connectivity index (χ0n) is 21.0. The van der Waals surface area contributed by atoms with Gasteiger partial charge in [0.25, 0.3) is 0 Å². The molecule has 1 saturated carbocycles. The lowest BCUT2D eigenvalue weighted by atomic mass is 9.83. The molecule has 5 rings (SSSR count). The molecule has 3 fully saturated rings. The summed E-state index contributed by atoms with van der Waals surface area (Å²) < 4.78 is 5.41. The van der Waals surface area contributed by atoms with Gasteiger partial charge in [-0.2, -0.15) is 5.26 Å². The second-order valence-electron chi connectivity index (χ2n) is 10.2. The number of hydrogen-bond acceptors (Lipinski definition) is 7. The second kappa shape index (κ2) is 10.8. The second-order valence-corrected chi connectivity index (χ2v) is 10.2. The molecule has 2 unspecified atom stereocenters. The monoisotopic (exact) mass is 502 g/mol. The highest BCUT2D eigenvalue weighted by Crippen LogP contribution is 2.51. The van der Waals surface area contributed by atoms with E-state index < -0.39 is 5.41 Å². The van der Waals surface area contributed by atoms with E-state index in [2.05, 4.69) is 22.0 Å². The third kappa shape index (κ3) is 5.41. The number of carbonyl (C=O) groups is 2. The average molecular weight is 503 g/mol. The summed E-state index contributed by atoms with van der Waals surface area (Å²) in [6.07, 6.45) is 9.28. The molecule has 0 radical (unpaired) electrons. The number of likely N-dealkylation sites (tertiary alicyclic amines) is 1. The number of hydrogen-bond donors (Lipinski definition) is 4. The van der Waals surface area contributed by atoms with Crippen LogP contribution in [0, 0.1) is 22.7 Å². The van der Waals surface area contributed by atoms with Gasteiger partial charge in [-0.15, -0.1) is 0 Å². The van der Waals surface area contributed by atoms with Crippen LogP contribution in [-0.4, -0.2) is 55.6 Å². The van der Waals surface area contributed by atoms with Crippen LogP contribution in [0.4, 0.5) is 0 Å². The predicted molar refractivity (Wildman–Crippen MR) is 139 cm³/mol. The molecule has 9 nitrogen and oxygen atoms in total. The van der Waals surface area contributed by atoms with E-state index in [0.717, 1.165) is 48.3 Å². The average Bonchev–Trinajstić information content (AvgIpc) is 3.52. The SMILES string of the molecule is N#CC1(C2CC2)CCN(C2=CCNC(NC(=O)Cc3cccc(/C(=C/NC4CCOC4)CN)c3)=C2)C1=O. The van der Waals surface area contributed by atoms with Crippen LogP contribution >= 0.6 is 0 Å². The van der Waals surface area contributed by atoms with Gasteiger partial charge >= 0.3 is 0 Å². The molecular formula is C28H34N6O3. The summed E-state index contributed by atoms with van der Waals surface area (Å²) in [5.74, 6) is 0.466. The number of nitrogens with one attached hydrogen (secondary N) is 3. The number of carbonyl (C=O) groups excluding carboxylic acids is 2. The highest BCUT2D eigenvalue weighted by atomic mass is 16.5. The summed E-state index contributed by atoms with van der Waals surface area (Å²) in [6, 6.07) is 10.5. The summed E-state index contributed by atoms with van der Waals surface area (Å²) in [4.78, 5) is 27.7. The van der Waals surface area contributed by atoms with Crippen LogP contribution in [0.3, 0.4) is 0 Å². The summed E-state index contributed by atoms with van der Waals surface area (Å²) >= 11 is 0. The van der Waals surface area contributed by atoms with Gasteiger partial charge in [0.05, 0.1) is 25.1 Å². The molecule has 0 aromatic heterocycles. The molecule has 1 aromatic rings. The molecule has 3 aliphatic heterocycles. The minimum absolute atomic E-state index is 0.108. The van der Waals surface area contributed by atoms with Gasteiger partial charge in [-0.25, -0.2) is 0 Å². The van der Waals surface area contributed by atoms with Crippen LogP contribution in [0.5, 0.6) is 0 Å². The van der Waals surface area contributed by atoms with Gasteiger partial charge in [0.15, 0.2) is 0 Å². The Hall–Kier alpha value is -3.61. The molecule has 9 heteroatoms. The first-order valence-electron chi connectivity index (χ1n) is 13.0. The standard InChI is InChI=1S/C28H34N6O3/c29-15-21(16-32-23-7-11-37-17-23)20-3-1-2-19(12-20)13-26(35)33-25-14-24(6-9-31-25)34-10-8-28(18-30,27(34)36)22-4-5-22/h1-3,6,12,14,16,22-23,31-32H,4-5,7-11,13,15,17,29H2,(H,33,35)/b21-16+. The number of ether oxygens (including phenoxy) is 1. The first kappa shape index (κ1) is 25.1. The Morgan fingerprint density at radius 1 is 1.35 bits per heavy atom. The Morgan fingerprint density at radius 3 is 2.95 bits per heavy atom. The maximum absolute atomic E-state index is 13.1. The van der Waals surface area contributed by atoms with Crippen LogP contribution in [-0.2, 0) is 20.7 Å². The molecule has 2 atom stereocenters. The van der Waals surface area contributed by atoms with Gasteiger partial charge in [0, 0.05) is 44.2 Å². The Labute approximate surface area is 217 Å². The number of rotatable bonds is 9. The van der Waals surface area contributed by atoms with Crippen LogP contribution in [0.15, 0.2) is 54.1 Å². The van der Waals surface area contributed by atoms with Crippen molar-refractivity contribution in [2.45, 2.75) is 38.1 Å².